The summed E-state index contributed by atoms with van der Waals surface area (Å²) in [6.45, 7) is 7.06. The molecule has 128 valence electrons. The smallest absolute Gasteiger partial charge is 0.260 e. The lowest BCUT2D eigenvalue weighted by Gasteiger charge is -2.40. The number of hydrogen-bond donors (Lipinski definition) is 1. The molecule has 0 aliphatic carbocycles. The molecule has 0 aromatic heterocycles. The van der Waals surface area contributed by atoms with E-state index in [1.807, 2.05) is 4.90 Å². The van der Waals surface area contributed by atoms with Crippen molar-refractivity contribution < 1.29 is 14.6 Å². The van der Waals surface area contributed by atoms with Crippen molar-refractivity contribution in [3.05, 3.63) is 29.8 Å². The Hall–Kier alpha value is -1.59. The van der Waals surface area contributed by atoms with E-state index in [1.165, 1.54) is 0 Å². The zero-order valence-corrected chi connectivity index (χ0v) is 14.4. The molecule has 1 aromatic carbocycles. The molecule has 1 aliphatic heterocycles. The Bertz CT molecular complexity index is 499. The molecule has 2 rings (SSSR count). The maximum atomic E-state index is 12.5. The largest absolute Gasteiger partial charge is 0.484 e. The molecule has 0 radical (unpaired) electrons. The maximum Gasteiger partial charge on any atom is 0.260 e. The van der Waals surface area contributed by atoms with Gasteiger partial charge in [0.15, 0.2) is 6.61 Å². The number of nitrogens with zero attached hydrogens (tertiary/aromatic N) is 2. The molecule has 1 aromatic rings. The monoisotopic (exact) mass is 320 g/mol. The number of hydrogen-bond acceptors (Lipinski definition) is 4. The van der Waals surface area contributed by atoms with Crippen LogP contribution in [0.1, 0.15) is 25.8 Å². The van der Waals surface area contributed by atoms with Crippen LogP contribution in [0.3, 0.4) is 0 Å². The third-order valence-corrected chi connectivity index (χ3v) is 4.22. The molecule has 1 N–H and O–H groups in total. The van der Waals surface area contributed by atoms with E-state index in [2.05, 4.69) is 25.8 Å². The lowest BCUT2D eigenvalue weighted by Crippen LogP contribution is -2.55. The fourth-order valence-corrected chi connectivity index (χ4v) is 3.00. The summed E-state index contributed by atoms with van der Waals surface area (Å²) in [7, 11) is 2.11. The maximum absolute atomic E-state index is 12.5. The Morgan fingerprint density at radius 2 is 2.00 bits per heavy atom. The van der Waals surface area contributed by atoms with Gasteiger partial charge in [-0.3, -0.25) is 4.79 Å². The van der Waals surface area contributed by atoms with E-state index in [0.29, 0.717) is 11.7 Å². The van der Waals surface area contributed by atoms with Crippen molar-refractivity contribution in [1.82, 2.24) is 9.80 Å². The van der Waals surface area contributed by atoms with Crippen LogP contribution in [-0.4, -0.2) is 60.1 Å². The zero-order chi connectivity index (χ0) is 16.8. The minimum Gasteiger partial charge on any atom is -0.484 e. The molecule has 0 spiro atoms. The Morgan fingerprint density at radius 1 is 1.30 bits per heavy atom. The molecule has 1 fully saturated rings. The first-order valence-electron chi connectivity index (χ1n) is 8.30. The molecule has 1 aliphatic rings. The van der Waals surface area contributed by atoms with Gasteiger partial charge < -0.3 is 19.6 Å². The van der Waals surface area contributed by atoms with Gasteiger partial charge in [0.25, 0.3) is 5.91 Å². The molecule has 1 unspecified atom stereocenters. The van der Waals surface area contributed by atoms with Crippen molar-refractivity contribution in [3.8, 4) is 5.75 Å². The van der Waals surface area contributed by atoms with E-state index >= 15 is 0 Å². The van der Waals surface area contributed by atoms with Crippen LogP contribution in [0.25, 0.3) is 0 Å². The highest BCUT2D eigenvalue weighted by Gasteiger charge is 2.29. The molecule has 23 heavy (non-hydrogen) atoms. The summed E-state index contributed by atoms with van der Waals surface area (Å²) in [6, 6.07) is 7.44. The highest BCUT2D eigenvalue weighted by molar-refractivity contribution is 5.78. The van der Waals surface area contributed by atoms with Gasteiger partial charge in [0.1, 0.15) is 5.75 Å². The second-order valence-electron chi connectivity index (χ2n) is 6.72. The van der Waals surface area contributed by atoms with Crippen LogP contribution in [0.2, 0.25) is 0 Å². The third-order valence-electron chi connectivity index (χ3n) is 4.22. The van der Waals surface area contributed by atoms with Gasteiger partial charge in [0.2, 0.25) is 0 Å². The minimum absolute atomic E-state index is 0.0113. The van der Waals surface area contributed by atoms with Crippen LogP contribution in [0.5, 0.6) is 5.75 Å². The van der Waals surface area contributed by atoms with Crippen molar-refractivity contribution in [2.75, 3.05) is 33.3 Å². The lowest BCUT2D eigenvalue weighted by molar-refractivity contribution is -0.138. The summed E-state index contributed by atoms with van der Waals surface area (Å²) in [4.78, 5) is 16.8. The predicted octanol–water partition coefficient (Wildman–Crippen LogP) is 1.75. The number of amides is 1. The average molecular weight is 320 g/mol. The Labute approximate surface area is 138 Å². The average Bonchev–Trinajstić information content (AvgIpc) is 2.52. The van der Waals surface area contributed by atoms with Crippen molar-refractivity contribution in [2.45, 2.75) is 32.9 Å². The van der Waals surface area contributed by atoms with Gasteiger partial charge in [-0.15, -0.1) is 0 Å². The van der Waals surface area contributed by atoms with Gasteiger partial charge in [0, 0.05) is 25.7 Å². The Morgan fingerprint density at radius 3 is 2.61 bits per heavy atom. The van der Waals surface area contributed by atoms with Crippen molar-refractivity contribution in [1.29, 1.82) is 0 Å². The summed E-state index contributed by atoms with van der Waals surface area (Å²) >= 11 is 0. The van der Waals surface area contributed by atoms with E-state index in [0.717, 1.165) is 31.6 Å². The molecule has 1 amide bonds. The van der Waals surface area contributed by atoms with Crippen LogP contribution >= 0.6 is 0 Å². The number of likely N-dealkylation sites (N-methyl/N-ethyl adjacent to an activating group) is 1. The molecule has 0 saturated carbocycles. The van der Waals surface area contributed by atoms with E-state index in [9.17, 15) is 4.79 Å². The van der Waals surface area contributed by atoms with Crippen LogP contribution in [0, 0.1) is 5.92 Å². The number of ether oxygens (including phenoxy) is 1. The zero-order valence-electron chi connectivity index (χ0n) is 14.4. The molecule has 1 heterocycles. The van der Waals surface area contributed by atoms with Crippen LogP contribution in [-0.2, 0) is 11.4 Å². The topological polar surface area (TPSA) is 53.0 Å². The summed E-state index contributed by atoms with van der Waals surface area (Å²) in [6.07, 6.45) is 1.02. The number of benzene rings is 1. The third kappa shape index (κ3) is 5.22. The number of carbonyl (C=O) groups is 1. The van der Waals surface area contributed by atoms with Gasteiger partial charge in [0.05, 0.1) is 6.61 Å². The van der Waals surface area contributed by atoms with E-state index in [4.69, 9.17) is 9.84 Å². The highest BCUT2D eigenvalue weighted by Crippen LogP contribution is 2.18. The summed E-state index contributed by atoms with van der Waals surface area (Å²) in [5, 5.41) is 9.03. The molecule has 5 heteroatoms. The first kappa shape index (κ1) is 17.8. The molecule has 5 nitrogen and oxygen atoms in total. The summed E-state index contributed by atoms with van der Waals surface area (Å²) in [5.41, 5.74) is 0.833. The Kier molecular flexibility index (Phi) is 6.42. The molecular weight excluding hydrogens is 292 g/mol. The van der Waals surface area contributed by atoms with E-state index in [-0.39, 0.29) is 25.2 Å². The van der Waals surface area contributed by atoms with Gasteiger partial charge in [-0.1, -0.05) is 26.0 Å². The van der Waals surface area contributed by atoms with Gasteiger partial charge >= 0.3 is 0 Å². The molecule has 1 saturated heterocycles. The van der Waals surface area contributed by atoms with Gasteiger partial charge in [-0.25, -0.2) is 0 Å². The fourth-order valence-electron chi connectivity index (χ4n) is 3.00. The highest BCUT2D eigenvalue weighted by atomic mass is 16.5. The SMILES string of the molecule is CC(C)CC1CN(C)CCN1C(=O)COc1ccc(CO)cc1. The summed E-state index contributed by atoms with van der Waals surface area (Å²) < 4.78 is 5.61. The second kappa shape index (κ2) is 8.31. The fraction of sp³-hybridized carbons (Fsp3) is 0.611. The van der Waals surface area contributed by atoms with Crippen molar-refractivity contribution in [3.63, 3.8) is 0 Å². The molecular formula is C18H28N2O3. The van der Waals surface area contributed by atoms with Crippen LogP contribution in [0.15, 0.2) is 24.3 Å². The first-order valence-corrected chi connectivity index (χ1v) is 8.30. The number of carbonyl (C=O) groups excluding carboxylic acids is 1. The minimum atomic E-state index is 0.0113. The van der Waals surface area contributed by atoms with E-state index < -0.39 is 0 Å². The van der Waals surface area contributed by atoms with Gasteiger partial charge in [-0.05, 0) is 37.1 Å². The number of rotatable bonds is 6. The lowest BCUT2D eigenvalue weighted by atomic mass is 10.00. The van der Waals surface area contributed by atoms with Gasteiger partial charge in [-0.2, -0.15) is 0 Å². The number of piperazine rings is 1. The predicted molar refractivity (Wildman–Crippen MR) is 90.3 cm³/mol. The van der Waals surface area contributed by atoms with Crippen LogP contribution in [0.4, 0.5) is 0 Å². The van der Waals surface area contributed by atoms with Crippen molar-refractivity contribution >= 4 is 5.91 Å². The standard InChI is InChI=1S/C18H28N2O3/c1-14(2)10-16-11-19(3)8-9-20(16)18(22)13-23-17-6-4-15(12-21)5-7-17/h4-7,14,16,21H,8-13H2,1-3H3. The number of aliphatic hydroxyl groups is 1. The second-order valence-corrected chi connectivity index (χ2v) is 6.72. The molecule has 0 bridgehead atoms. The Balaban J connectivity index is 1.91. The first-order chi connectivity index (χ1) is 11.0. The quantitative estimate of drug-likeness (QED) is 0.867. The van der Waals surface area contributed by atoms with Crippen LogP contribution < -0.4 is 4.74 Å². The normalized spacial score (nSPS) is 19.2. The van der Waals surface area contributed by atoms with E-state index in [1.54, 1.807) is 24.3 Å². The summed E-state index contributed by atoms with van der Waals surface area (Å²) in [5.74, 6) is 1.27. The number of aliphatic hydroxyl groups excluding tert-OH is 1. The van der Waals surface area contributed by atoms with Crippen molar-refractivity contribution in [2.24, 2.45) is 5.92 Å². The molecule has 1 atom stereocenters.